The van der Waals surface area contributed by atoms with Crippen molar-refractivity contribution in [3.8, 4) is 0 Å². The molecule has 2 heterocycles. The van der Waals surface area contributed by atoms with Gasteiger partial charge in [-0.3, -0.25) is 5.10 Å². The fourth-order valence-corrected chi connectivity index (χ4v) is 4.24. The predicted molar refractivity (Wildman–Crippen MR) is 76.0 cm³/mol. The molecule has 0 aromatic carbocycles. The summed E-state index contributed by atoms with van der Waals surface area (Å²) in [6.45, 7) is 6.12. The summed E-state index contributed by atoms with van der Waals surface area (Å²) in [7, 11) is -3.38. The standard InChI is InChI=1S/C12H17N3O2S2/c1-8-4-5-12(18-8)19(16,17)13-7-6-11-9(2)14-15-10(11)3/h4-5,13H,6-7H2,1-3H3,(H,14,15). The molecule has 0 aliphatic carbocycles. The first kappa shape index (κ1) is 14.2. The Bertz CT molecular complexity index is 651. The van der Waals surface area contributed by atoms with Crippen LogP contribution in [0.4, 0.5) is 0 Å². The van der Waals surface area contributed by atoms with Gasteiger partial charge in [-0.1, -0.05) is 0 Å². The SMILES string of the molecule is Cc1ccc(S(=O)(=O)NCCc2c(C)n[nH]c2C)s1. The zero-order valence-corrected chi connectivity index (χ0v) is 12.8. The minimum absolute atomic E-state index is 0.366. The van der Waals surface area contributed by atoms with E-state index in [1.165, 1.54) is 11.3 Å². The second-order valence-corrected chi connectivity index (χ2v) is 7.71. The predicted octanol–water partition coefficient (Wildman–Crippen LogP) is 1.92. The monoisotopic (exact) mass is 299 g/mol. The highest BCUT2D eigenvalue weighted by Gasteiger charge is 2.16. The lowest BCUT2D eigenvalue weighted by Gasteiger charge is -2.05. The van der Waals surface area contributed by atoms with Gasteiger partial charge in [0.25, 0.3) is 0 Å². The number of hydrogen-bond donors (Lipinski definition) is 2. The van der Waals surface area contributed by atoms with Gasteiger partial charge < -0.3 is 0 Å². The van der Waals surface area contributed by atoms with Gasteiger partial charge >= 0.3 is 0 Å². The minimum atomic E-state index is -3.38. The third-order valence-corrected chi connectivity index (χ3v) is 5.88. The zero-order valence-electron chi connectivity index (χ0n) is 11.1. The van der Waals surface area contributed by atoms with Gasteiger partial charge in [0.2, 0.25) is 10.0 Å². The molecule has 0 spiro atoms. The smallest absolute Gasteiger partial charge is 0.250 e. The normalized spacial score (nSPS) is 11.9. The van der Waals surface area contributed by atoms with Crippen molar-refractivity contribution < 1.29 is 8.42 Å². The maximum Gasteiger partial charge on any atom is 0.250 e. The first-order valence-corrected chi connectivity index (χ1v) is 8.26. The molecule has 0 unspecified atom stereocenters. The number of nitrogens with one attached hydrogen (secondary N) is 2. The third kappa shape index (κ3) is 3.23. The van der Waals surface area contributed by atoms with Crippen LogP contribution in [0.15, 0.2) is 16.3 Å². The Hall–Kier alpha value is -1.18. The van der Waals surface area contributed by atoms with Crippen molar-refractivity contribution in [3.05, 3.63) is 34.0 Å². The molecule has 0 saturated carbocycles. The van der Waals surface area contributed by atoms with E-state index in [0.717, 1.165) is 21.8 Å². The van der Waals surface area contributed by atoms with E-state index in [2.05, 4.69) is 14.9 Å². The van der Waals surface area contributed by atoms with Crippen molar-refractivity contribution in [2.24, 2.45) is 0 Å². The number of H-pyrrole nitrogens is 1. The molecule has 0 bridgehead atoms. The molecular weight excluding hydrogens is 282 g/mol. The van der Waals surface area contributed by atoms with Gasteiger partial charge in [0, 0.05) is 17.1 Å². The van der Waals surface area contributed by atoms with Crippen LogP contribution in [0.25, 0.3) is 0 Å². The highest BCUT2D eigenvalue weighted by molar-refractivity contribution is 7.91. The summed E-state index contributed by atoms with van der Waals surface area (Å²) < 4.78 is 27.0. The highest BCUT2D eigenvalue weighted by atomic mass is 32.2. The Labute approximate surface area is 117 Å². The van der Waals surface area contributed by atoms with Gasteiger partial charge in [-0.15, -0.1) is 11.3 Å². The Kier molecular flexibility index (Phi) is 4.07. The lowest BCUT2D eigenvalue weighted by molar-refractivity contribution is 0.583. The van der Waals surface area contributed by atoms with E-state index in [4.69, 9.17) is 0 Å². The van der Waals surface area contributed by atoms with Crippen LogP contribution in [0.2, 0.25) is 0 Å². The van der Waals surface area contributed by atoms with E-state index in [1.54, 1.807) is 6.07 Å². The lowest BCUT2D eigenvalue weighted by atomic mass is 10.1. The molecule has 2 N–H and O–H groups in total. The molecule has 7 heteroatoms. The molecule has 5 nitrogen and oxygen atoms in total. The number of nitrogens with zero attached hydrogens (tertiary/aromatic N) is 1. The number of aromatic nitrogens is 2. The molecule has 0 aliphatic heterocycles. The average Bonchev–Trinajstić information content (AvgIpc) is 2.90. The topological polar surface area (TPSA) is 74.8 Å². The van der Waals surface area contributed by atoms with E-state index >= 15 is 0 Å². The van der Waals surface area contributed by atoms with E-state index in [9.17, 15) is 8.42 Å². The molecule has 19 heavy (non-hydrogen) atoms. The van der Waals surface area contributed by atoms with Crippen LogP contribution in [0.3, 0.4) is 0 Å². The first-order valence-electron chi connectivity index (χ1n) is 5.96. The molecule has 0 saturated heterocycles. The number of aryl methyl sites for hydroxylation is 3. The van der Waals surface area contributed by atoms with Crippen LogP contribution in [0, 0.1) is 20.8 Å². The fourth-order valence-electron chi connectivity index (χ4n) is 1.88. The van der Waals surface area contributed by atoms with Crippen LogP contribution >= 0.6 is 11.3 Å². The van der Waals surface area contributed by atoms with Gasteiger partial charge in [0.05, 0.1) is 5.69 Å². The Morgan fingerprint density at radius 2 is 2.05 bits per heavy atom. The van der Waals surface area contributed by atoms with Crippen LogP contribution < -0.4 is 4.72 Å². The van der Waals surface area contributed by atoms with Gasteiger partial charge in [0.1, 0.15) is 4.21 Å². The molecule has 2 rings (SSSR count). The molecule has 0 atom stereocenters. The average molecular weight is 299 g/mol. The largest absolute Gasteiger partial charge is 0.282 e. The van der Waals surface area contributed by atoms with E-state index in [-0.39, 0.29) is 0 Å². The van der Waals surface area contributed by atoms with Gasteiger partial charge in [-0.05, 0) is 44.9 Å². The third-order valence-electron chi connectivity index (χ3n) is 2.93. The molecule has 2 aromatic heterocycles. The molecule has 104 valence electrons. The molecular formula is C12H17N3O2S2. The summed E-state index contributed by atoms with van der Waals surface area (Å²) in [5.41, 5.74) is 2.98. The Balaban J connectivity index is 2.00. The number of aromatic amines is 1. The van der Waals surface area contributed by atoms with Crippen molar-refractivity contribution in [3.63, 3.8) is 0 Å². The highest BCUT2D eigenvalue weighted by Crippen LogP contribution is 2.20. The van der Waals surface area contributed by atoms with Crippen LogP contribution in [-0.4, -0.2) is 25.2 Å². The van der Waals surface area contributed by atoms with Crippen molar-refractivity contribution in [1.29, 1.82) is 0 Å². The van der Waals surface area contributed by atoms with Crippen LogP contribution in [0.5, 0.6) is 0 Å². The maximum absolute atomic E-state index is 12.0. The number of hydrogen-bond acceptors (Lipinski definition) is 4. The summed E-state index contributed by atoms with van der Waals surface area (Å²) >= 11 is 1.28. The van der Waals surface area contributed by atoms with Crippen molar-refractivity contribution in [2.75, 3.05) is 6.54 Å². The summed E-state index contributed by atoms with van der Waals surface area (Å²) in [4.78, 5) is 0.988. The summed E-state index contributed by atoms with van der Waals surface area (Å²) in [5, 5.41) is 6.99. The second kappa shape index (κ2) is 5.44. The number of rotatable bonds is 5. The van der Waals surface area contributed by atoms with Crippen LogP contribution in [-0.2, 0) is 16.4 Å². The second-order valence-electron chi connectivity index (χ2n) is 4.43. The van der Waals surface area contributed by atoms with Gasteiger partial charge in [-0.25, -0.2) is 13.1 Å². The Morgan fingerprint density at radius 3 is 2.58 bits per heavy atom. The van der Waals surface area contributed by atoms with E-state index in [0.29, 0.717) is 17.2 Å². The fraction of sp³-hybridized carbons (Fsp3) is 0.417. The van der Waals surface area contributed by atoms with Gasteiger partial charge in [0.15, 0.2) is 0 Å². The first-order chi connectivity index (χ1) is 8.90. The van der Waals surface area contributed by atoms with Crippen molar-refractivity contribution in [1.82, 2.24) is 14.9 Å². The summed E-state index contributed by atoms with van der Waals surface area (Å²) in [6, 6.07) is 3.44. The van der Waals surface area contributed by atoms with E-state index < -0.39 is 10.0 Å². The molecule has 0 aliphatic rings. The summed E-state index contributed by atoms with van der Waals surface area (Å²) in [6.07, 6.45) is 0.637. The van der Waals surface area contributed by atoms with Gasteiger partial charge in [-0.2, -0.15) is 5.10 Å². The molecule has 0 amide bonds. The lowest BCUT2D eigenvalue weighted by Crippen LogP contribution is -2.25. The minimum Gasteiger partial charge on any atom is -0.282 e. The van der Waals surface area contributed by atoms with Crippen LogP contribution in [0.1, 0.15) is 21.8 Å². The van der Waals surface area contributed by atoms with Crippen molar-refractivity contribution in [2.45, 2.75) is 31.4 Å². The zero-order chi connectivity index (χ0) is 14.0. The maximum atomic E-state index is 12.0. The number of thiophene rings is 1. The van der Waals surface area contributed by atoms with Crippen molar-refractivity contribution >= 4 is 21.4 Å². The van der Waals surface area contributed by atoms with E-state index in [1.807, 2.05) is 26.8 Å². The molecule has 2 aromatic rings. The number of sulfonamides is 1. The quantitative estimate of drug-likeness (QED) is 0.885. The molecule has 0 fully saturated rings. The Morgan fingerprint density at radius 1 is 1.32 bits per heavy atom. The molecule has 0 radical (unpaired) electrons. The summed E-state index contributed by atoms with van der Waals surface area (Å²) in [5.74, 6) is 0.